The van der Waals surface area contributed by atoms with E-state index in [1.54, 1.807) is 16.7 Å². The van der Waals surface area contributed by atoms with Crippen molar-refractivity contribution in [2.24, 2.45) is 0 Å². The molecule has 0 saturated carbocycles. The van der Waals surface area contributed by atoms with E-state index in [2.05, 4.69) is 26.0 Å². The molecule has 1 saturated heterocycles. The molecule has 0 unspecified atom stereocenters. The molecule has 1 heterocycles. The molecule has 2 amide bonds. The lowest BCUT2D eigenvalue weighted by Crippen LogP contribution is -2.38. The first kappa shape index (κ1) is 18.3. The zero-order chi connectivity index (χ0) is 17.7. The van der Waals surface area contributed by atoms with Crippen molar-refractivity contribution in [3.8, 4) is 5.75 Å². The molecule has 1 aromatic carbocycles. The van der Waals surface area contributed by atoms with Crippen LogP contribution in [0.25, 0.3) is 0 Å². The third-order valence-corrected chi connectivity index (χ3v) is 4.44. The molecule has 2 rings (SSSR count). The molecule has 1 aliphatic heterocycles. The van der Waals surface area contributed by atoms with Crippen molar-refractivity contribution in [2.45, 2.75) is 40.0 Å². The van der Waals surface area contributed by atoms with Crippen LogP contribution >= 0.6 is 0 Å². The molecule has 0 N–H and O–H groups in total. The van der Waals surface area contributed by atoms with Crippen molar-refractivity contribution in [3.63, 3.8) is 0 Å². The average molecular weight is 332 g/mol. The number of nitrogens with zero attached hydrogens (tertiary/aromatic N) is 2. The van der Waals surface area contributed by atoms with Crippen LogP contribution in [-0.4, -0.2) is 54.4 Å². The molecule has 0 aliphatic carbocycles. The van der Waals surface area contributed by atoms with Crippen molar-refractivity contribution in [2.75, 3.05) is 32.8 Å². The number of hydrogen-bond acceptors (Lipinski definition) is 3. The minimum atomic E-state index is -0.0170. The van der Waals surface area contributed by atoms with Gasteiger partial charge in [-0.3, -0.25) is 9.59 Å². The van der Waals surface area contributed by atoms with E-state index in [1.807, 2.05) is 13.0 Å². The van der Waals surface area contributed by atoms with Crippen LogP contribution in [0, 0.1) is 6.92 Å². The minimum Gasteiger partial charge on any atom is -0.483 e. The van der Waals surface area contributed by atoms with E-state index in [0.29, 0.717) is 25.6 Å². The predicted octanol–water partition coefficient (Wildman–Crippen LogP) is 2.58. The first-order chi connectivity index (χ1) is 11.4. The zero-order valence-electron chi connectivity index (χ0n) is 15.2. The van der Waals surface area contributed by atoms with E-state index in [1.165, 1.54) is 0 Å². The largest absolute Gasteiger partial charge is 0.483 e. The number of amides is 2. The molecule has 132 valence electrons. The lowest BCUT2D eigenvalue weighted by Gasteiger charge is -2.22. The van der Waals surface area contributed by atoms with Crippen LogP contribution in [0.15, 0.2) is 18.2 Å². The number of carbonyl (C=O) groups is 2. The summed E-state index contributed by atoms with van der Waals surface area (Å²) in [5, 5.41) is 0. The Kier molecular flexibility index (Phi) is 6.23. The standard InChI is InChI=1S/C19H28N2O3/c1-14(2)17-7-6-15(3)12-18(17)24-13-19(23)21-9-5-8-20(10-11-21)16(4)22/h6-7,12,14H,5,8-11,13H2,1-4H3. The van der Waals surface area contributed by atoms with Crippen molar-refractivity contribution in [3.05, 3.63) is 29.3 Å². The van der Waals surface area contributed by atoms with Gasteiger partial charge < -0.3 is 14.5 Å². The molecule has 5 heteroatoms. The van der Waals surface area contributed by atoms with E-state index in [9.17, 15) is 9.59 Å². The normalized spacial score (nSPS) is 15.4. The Morgan fingerprint density at radius 1 is 1.12 bits per heavy atom. The number of hydrogen-bond donors (Lipinski definition) is 0. The van der Waals surface area contributed by atoms with Crippen molar-refractivity contribution in [1.82, 2.24) is 9.80 Å². The lowest BCUT2D eigenvalue weighted by atomic mass is 10.0. The molecule has 1 aromatic rings. The summed E-state index contributed by atoms with van der Waals surface area (Å²) in [4.78, 5) is 27.5. The summed E-state index contributed by atoms with van der Waals surface area (Å²) in [7, 11) is 0. The molecule has 0 atom stereocenters. The van der Waals surface area contributed by atoms with Gasteiger partial charge >= 0.3 is 0 Å². The Hall–Kier alpha value is -2.04. The molecule has 0 bridgehead atoms. The van der Waals surface area contributed by atoms with Crippen LogP contribution in [0.3, 0.4) is 0 Å². The molecule has 0 radical (unpaired) electrons. The third kappa shape index (κ3) is 4.73. The molecule has 24 heavy (non-hydrogen) atoms. The van der Waals surface area contributed by atoms with E-state index < -0.39 is 0 Å². The molecular formula is C19H28N2O3. The van der Waals surface area contributed by atoms with E-state index in [0.717, 1.165) is 29.8 Å². The van der Waals surface area contributed by atoms with Gasteiger partial charge in [0.05, 0.1) is 0 Å². The fourth-order valence-electron chi connectivity index (χ4n) is 2.96. The fraction of sp³-hybridized carbons (Fsp3) is 0.579. The summed E-state index contributed by atoms with van der Waals surface area (Å²) >= 11 is 0. The summed E-state index contributed by atoms with van der Waals surface area (Å²) in [6.07, 6.45) is 0.813. The van der Waals surface area contributed by atoms with Crippen LogP contribution < -0.4 is 4.74 Å². The first-order valence-electron chi connectivity index (χ1n) is 8.65. The van der Waals surface area contributed by atoms with E-state index >= 15 is 0 Å². The van der Waals surface area contributed by atoms with Crippen LogP contribution in [0.4, 0.5) is 0 Å². The highest BCUT2D eigenvalue weighted by atomic mass is 16.5. The topological polar surface area (TPSA) is 49.9 Å². The number of aryl methyl sites for hydroxylation is 1. The maximum absolute atomic E-state index is 12.5. The van der Waals surface area contributed by atoms with Crippen LogP contribution in [0.2, 0.25) is 0 Å². The molecule has 1 aliphatic rings. The van der Waals surface area contributed by atoms with Crippen LogP contribution in [0.1, 0.15) is 44.2 Å². The van der Waals surface area contributed by atoms with Gasteiger partial charge in [0.1, 0.15) is 5.75 Å². The van der Waals surface area contributed by atoms with Gasteiger partial charge in [0.25, 0.3) is 5.91 Å². The molecular weight excluding hydrogens is 304 g/mol. The summed E-state index contributed by atoms with van der Waals surface area (Å²) < 4.78 is 5.84. The van der Waals surface area contributed by atoms with Crippen molar-refractivity contribution < 1.29 is 14.3 Å². The minimum absolute atomic E-state index is 0.0170. The van der Waals surface area contributed by atoms with Gasteiger partial charge in [-0.15, -0.1) is 0 Å². The maximum atomic E-state index is 12.5. The van der Waals surface area contributed by atoms with E-state index in [-0.39, 0.29) is 18.4 Å². The number of rotatable bonds is 4. The number of benzene rings is 1. The van der Waals surface area contributed by atoms with Gasteiger partial charge in [0, 0.05) is 33.1 Å². The Balaban J connectivity index is 1.96. The van der Waals surface area contributed by atoms with Gasteiger partial charge in [0.15, 0.2) is 6.61 Å². The Bertz CT molecular complexity index is 598. The van der Waals surface area contributed by atoms with Crippen molar-refractivity contribution in [1.29, 1.82) is 0 Å². The zero-order valence-corrected chi connectivity index (χ0v) is 15.2. The predicted molar refractivity (Wildman–Crippen MR) is 94.2 cm³/mol. The second kappa shape index (κ2) is 8.18. The highest BCUT2D eigenvalue weighted by Gasteiger charge is 2.21. The number of ether oxygens (including phenoxy) is 1. The Labute approximate surface area is 144 Å². The maximum Gasteiger partial charge on any atom is 0.260 e. The second-order valence-electron chi connectivity index (χ2n) is 6.73. The average Bonchev–Trinajstić information content (AvgIpc) is 2.78. The lowest BCUT2D eigenvalue weighted by molar-refractivity contribution is -0.134. The molecule has 0 spiro atoms. The van der Waals surface area contributed by atoms with Gasteiger partial charge in [-0.25, -0.2) is 0 Å². The molecule has 1 fully saturated rings. The van der Waals surface area contributed by atoms with Gasteiger partial charge in [-0.1, -0.05) is 26.0 Å². The second-order valence-corrected chi connectivity index (χ2v) is 6.73. The highest BCUT2D eigenvalue weighted by Crippen LogP contribution is 2.27. The number of carbonyl (C=O) groups excluding carboxylic acids is 2. The van der Waals surface area contributed by atoms with Gasteiger partial charge in [-0.05, 0) is 36.5 Å². The van der Waals surface area contributed by atoms with Gasteiger partial charge in [0.2, 0.25) is 5.91 Å². The molecule has 5 nitrogen and oxygen atoms in total. The van der Waals surface area contributed by atoms with Crippen LogP contribution in [0.5, 0.6) is 5.75 Å². The Morgan fingerprint density at radius 2 is 1.79 bits per heavy atom. The van der Waals surface area contributed by atoms with Crippen molar-refractivity contribution >= 4 is 11.8 Å². The summed E-state index contributed by atoms with van der Waals surface area (Å²) in [6.45, 7) is 10.4. The van der Waals surface area contributed by atoms with Crippen LogP contribution in [-0.2, 0) is 9.59 Å². The Morgan fingerprint density at radius 3 is 2.46 bits per heavy atom. The smallest absolute Gasteiger partial charge is 0.260 e. The van der Waals surface area contributed by atoms with E-state index in [4.69, 9.17) is 4.74 Å². The monoisotopic (exact) mass is 332 g/mol. The summed E-state index contributed by atoms with van der Waals surface area (Å²) in [5.41, 5.74) is 2.24. The summed E-state index contributed by atoms with van der Waals surface area (Å²) in [5.74, 6) is 1.19. The molecule has 0 aromatic heterocycles. The first-order valence-corrected chi connectivity index (χ1v) is 8.65. The van der Waals surface area contributed by atoms with Gasteiger partial charge in [-0.2, -0.15) is 0 Å². The quantitative estimate of drug-likeness (QED) is 0.851. The third-order valence-electron chi connectivity index (χ3n) is 4.44. The fourth-order valence-corrected chi connectivity index (χ4v) is 2.96. The summed E-state index contributed by atoms with van der Waals surface area (Å²) in [6, 6.07) is 6.12. The highest BCUT2D eigenvalue weighted by molar-refractivity contribution is 5.78. The SMILES string of the molecule is CC(=O)N1CCCN(C(=O)COc2cc(C)ccc2C(C)C)CC1.